The summed E-state index contributed by atoms with van der Waals surface area (Å²) in [5, 5.41) is 0. The Morgan fingerprint density at radius 1 is 0.630 bits per heavy atom. The fourth-order valence-corrected chi connectivity index (χ4v) is 7.87. The highest BCUT2D eigenvalue weighted by molar-refractivity contribution is 6.04. The Labute approximate surface area is 314 Å². The van der Waals surface area contributed by atoms with E-state index < -0.39 is 0 Å². The fraction of sp³-hybridized carbons (Fsp3) is 0.333. The quantitative estimate of drug-likeness (QED) is 0.135. The van der Waals surface area contributed by atoms with Crippen LogP contribution in [0.5, 0.6) is 28.7 Å². The zero-order chi connectivity index (χ0) is 37.3. The number of hydrogen-bond donors (Lipinski definition) is 1. The lowest BCUT2D eigenvalue weighted by Crippen LogP contribution is -2.35. The van der Waals surface area contributed by atoms with Crippen LogP contribution in [0, 0.1) is 0 Å². The van der Waals surface area contributed by atoms with E-state index in [2.05, 4.69) is 12.1 Å². The number of methoxy groups -OCH3 is 3. The number of fused-ring (bicyclic) bond motifs is 4. The molecule has 2 fully saturated rings. The number of carbonyl (C=O) groups excluding carboxylic acids is 2. The maximum absolute atomic E-state index is 13.8. The molecule has 12 heteroatoms. The molecule has 4 aliphatic rings. The van der Waals surface area contributed by atoms with E-state index in [9.17, 15) is 9.59 Å². The van der Waals surface area contributed by atoms with E-state index >= 15 is 0 Å². The maximum atomic E-state index is 13.8. The van der Waals surface area contributed by atoms with Crippen LogP contribution in [0.3, 0.4) is 0 Å². The second-order valence-electron chi connectivity index (χ2n) is 14.0. The van der Waals surface area contributed by atoms with Gasteiger partial charge in [-0.25, -0.2) is 0 Å². The van der Waals surface area contributed by atoms with Crippen LogP contribution in [0.2, 0.25) is 0 Å². The molecule has 2 amide bonds. The molecule has 4 unspecified atom stereocenters. The largest absolute Gasteiger partial charge is 0.497 e. The minimum Gasteiger partial charge on any atom is -0.497 e. The first-order chi connectivity index (χ1) is 26.3. The fourth-order valence-electron chi connectivity index (χ4n) is 7.87. The minimum absolute atomic E-state index is 0.0785. The molecule has 278 valence electrons. The molecule has 2 saturated heterocycles. The average molecular weight is 730 g/mol. The SMILES string of the molecule is COc1ccc(C2CC3C=Nc4cc(OCCCOc5cc6c(cc5OC)C(=O)N5CC(c7ccc(N)cc7)CC5C=N6)c(OC)cc4C(=O)N3C2)cc1. The van der Waals surface area contributed by atoms with Crippen LogP contribution in [0.15, 0.2) is 82.8 Å². The number of aliphatic imine (C=N–C) groups is 2. The maximum Gasteiger partial charge on any atom is 0.256 e. The molecule has 54 heavy (non-hydrogen) atoms. The molecule has 12 nitrogen and oxygen atoms in total. The number of benzene rings is 4. The molecule has 0 radical (unpaired) electrons. The van der Waals surface area contributed by atoms with Crippen LogP contribution >= 0.6 is 0 Å². The molecule has 4 atom stereocenters. The van der Waals surface area contributed by atoms with Crippen LogP contribution in [0.4, 0.5) is 17.1 Å². The molecule has 4 aromatic carbocycles. The summed E-state index contributed by atoms with van der Waals surface area (Å²) in [5.41, 5.74) is 11.0. The summed E-state index contributed by atoms with van der Waals surface area (Å²) in [5.74, 6) is 2.96. The standard InChI is InChI=1S/C42H43N5O7/c1-50-32-11-7-26(8-12-32)28-16-31-22-45-36-20-40(38(52-3)18-34(36)42(49)47(31)24-28)54-14-4-13-53-39-19-35-33(17-37(39)51-2)41(48)46-23-27(15-30(46)21-44-35)25-5-9-29(43)10-6-25/h5-12,17-22,27-28,30-31H,4,13-16,23-24,43H2,1-3H3. The molecule has 0 aromatic heterocycles. The molecule has 0 bridgehead atoms. The number of hydrogen-bond acceptors (Lipinski definition) is 10. The molecule has 4 aliphatic heterocycles. The Morgan fingerprint density at radius 2 is 1.09 bits per heavy atom. The first-order valence-corrected chi connectivity index (χ1v) is 18.2. The van der Waals surface area contributed by atoms with E-state index in [-0.39, 0.29) is 35.7 Å². The first-order valence-electron chi connectivity index (χ1n) is 18.2. The van der Waals surface area contributed by atoms with Gasteiger partial charge < -0.3 is 39.2 Å². The minimum atomic E-state index is -0.108. The third-order valence-corrected chi connectivity index (χ3v) is 10.8. The Kier molecular flexibility index (Phi) is 9.57. The van der Waals surface area contributed by atoms with Crippen molar-refractivity contribution in [2.24, 2.45) is 9.98 Å². The molecule has 8 rings (SSSR count). The lowest BCUT2D eigenvalue weighted by molar-refractivity contribution is 0.0765. The molecular formula is C42H43N5O7. The monoisotopic (exact) mass is 729 g/mol. The second-order valence-corrected chi connectivity index (χ2v) is 14.0. The third kappa shape index (κ3) is 6.68. The van der Waals surface area contributed by atoms with Crippen LogP contribution in [0.25, 0.3) is 0 Å². The Bertz CT molecular complexity index is 2120. The zero-order valence-electron chi connectivity index (χ0n) is 30.6. The topological polar surface area (TPSA) is 138 Å². The van der Waals surface area contributed by atoms with Gasteiger partial charge in [0.1, 0.15) is 5.75 Å². The van der Waals surface area contributed by atoms with Crippen molar-refractivity contribution in [3.63, 3.8) is 0 Å². The Balaban J connectivity index is 0.893. The van der Waals surface area contributed by atoms with E-state index in [1.807, 2.05) is 58.6 Å². The Hall–Kier alpha value is -6.04. The Morgan fingerprint density at radius 3 is 1.54 bits per heavy atom. The van der Waals surface area contributed by atoms with Crippen molar-refractivity contribution >= 4 is 41.3 Å². The molecule has 4 heterocycles. The van der Waals surface area contributed by atoms with Crippen LogP contribution in [-0.2, 0) is 0 Å². The number of nitrogens with zero attached hydrogens (tertiary/aromatic N) is 4. The van der Waals surface area contributed by atoms with Gasteiger partial charge in [-0.15, -0.1) is 0 Å². The van der Waals surface area contributed by atoms with Gasteiger partial charge >= 0.3 is 0 Å². The van der Waals surface area contributed by atoms with Gasteiger partial charge in [-0.05, 0) is 60.4 Å². The van der Waals surface area contributed by atoms with E-state index in [0.29, 0.717) is 78.2 Å². The van der Waals surface area contributed by atoms with Crippen molar-refractivity contribution in [3.05, 3.63) is 95.1 Å². The molecule has 0 saturated carbocycles. The lowest BCUT2D eigenvalue weighted by Gasteiger charge is -2.21. The highest BCUT2D eigenvalue weighted by Gasteiger charge is 2.39. The third-order valence-electron chi connectivity index (χ3n) is 10.8. The summed E-state index contributed by atoms with van der Waals surface area (Å²) < 4.78 is 28.9. The summed E-state index contributed by atoms with van der Waals surface area (Å²) in [6.07, 6.45) is 5.84. The van der Waals surface area contributed by atoms with E-state index in [4.69, 9.17) is 39.4 Å². The summed E-state index contributed by atoms with van der Waals surface area (Å²) in [4.78, 5) is 40.8. The van der Waals surface area contributed by atoms with Crippen LogP contribution in [0.1, 0.15) is 62.9 Å². The molecule has 0 aliphatic carbocycles. The predicted molar refractivity (Wildman–Crippen MR) is 206 cm³/mol. The number of carbonyl (C=O) groups is 2. The van der Waals surface area contributed by atoms with E-state index in [1.165, 1.54) is 5.56 Å². The van der Waals surface area contributed by atoms with Gasteiger partial charge in [0.15, 0.2) is 23.0 Å². The van der Waals surface area contributed by atoms with Crippen LogP contribution in [-0.4, -0.2) is 93.8 Å². The van der Waals surface area contributed by atoms with Crippen LogP contribution < -0.4 is 29.4 Å². The zero-order valence-corrected chi connectivity index (χ0v) is 30.6. The molecular weight excluding hydrogens is 686 g/mol. The van der Waals surface area contributed by atoms with Crippen molar-refractivity contribution in [1.29, 1.82) is 0 Å². The van der Waals surface area contributed by atoms with Gasteiger partial charge in [-0.1, -0.05) is 24.3 Å². The van der Waals surface area contributed by atoms with Crippen molar-refractivity contribution in [2.45, 2.75) is 43.2 Å². The van der Waals surface area contributed by atoms with E-state index in [1.54, 1.807) is 45.6 Å². The van der Waals surface area contributed by atoms with Gasteiger partial charge in [0.25, 0.3) is 11.8 Å². The smallest absolute Gasteiger partial charge is 0.256 e. The van der Waals surface area contributed by atoms with Crippen molar-refractivity contribution in [1.82, 2.24) is 9.80 Å². The van der Waals surface area contributed by atoms with Gasteiger partial charge in [0.05, 0.1) is 69.1 Å². The number of nitrogens with two attached hydrogens (primary N) is 1. The van der Waals surface area contributed by atoms with Gasteiger partial charge in [0, 0.05) is 61.6 Å². The number of nitrogen functional groups attached to an aromatic ring is 1. The van der Waals surface area contributed by atoms with E-state index in [0.717, 1.165) is 29.8 Å². The number of amides is 2. The number of rotatable bonds is 11. The molecule has 4 aromatic rings. The lowest BCUT2D eigenvalue weighted by atomic mass is 9.96. The summed E-state index contributed by atoms with van der Waals surface area (Å²) >= 11 is 0. The summed E-state index contributed by atoms with van der Waals surface area (Å²) in [6.45, 7) is 1.84. The summed E-state index contributed by atoms with van der Waals surface area (Å²) in [6, 6.07) is 22.6. The normalized spacial score (nSPS) is 21.1. The second kappa shape index (κ2) is 14.8. The van der Waals surface area contributed by atoms with Gasteiger partial charge in [-0.2, -0.15) is 0 Å². The highest BCUT2D eigenvalue weighted by atomic mass is 16.5. The van der Waals surface area contributed by atoms with Crippen molar-refractivity contribution in [3.8, 4) is 28.7 Å². The highest BCUT2D eigenvalue weighted by Crippen LogP contribution is 2.42. The van der Waals surface area contributed by atoms with Crippen molar-refractivity contribution < 1.29 is 33.3 Å². The van der Waals surface area contributed by atoms with Crippen molar-refractivity contribution in [2.75, 3.05) is 53.4 Å². The summed E-state index contributed by atoms with van der Waals surface area (Å²) in [7, 11) is 4.76. The average Bonchev–Trinajstić information content (AvgIpc) is 3.78. The first kappa shape index (κ1) is 35.0. The number of anilines is 1. The molecule has 2 N–H and O–H groups in total. The van der Waals surface area contributed by atoms with Gasteiger partial charge in [-0.3, -0.25) is 19.6 Å². The van der Waals surface area contributed by atoms with Gasteiger partial charge in [0.2, 0.25) is 0 Å². The predicted octanol–water partition coefficient (Wildman–Crippen LogP) is 6.57. The molecule has 0 spiro atoms. The number of ether oxygens (including phenoxy) is 5.